The fourth-order valence-electron chi connectivity index (χ4n) is 3.21. The van der Waals surface area contributed by atoms with Crippen molar-refractivity contribution in [1.82, 2.24) is 10.6 Å². The second-order valence-electron chi connectivity index (χ2n) is 5.89. The molecule has 2 saturated heterocycles. The molecule has 1 aromatic carbocycles. The van der Waals surface area contributed by atoms with E-state index in [9.17, 15) is 13.6 Å². The summed E-state index contributed by atoms with van der Waals surface area (Å²) in [5.41, 5.74) is 0.720. The summed E-state index contributed by atoms with van der Waals surface area (Å²) in [6.45, 7) is 2.02. The van der Waals surface area contributed by atoms with Crippen LogP contribution in [-0.4, -0.2) is 37.7 Å². The highest BCUT2D eigenvalue weighted by Crippen LogP contribution is 2.27. The van der Waals surface area contributed by atoms with Crippen LogP contribution in [0, 0.1) is 11.6 Å². The Morgan fingerprint density at radius 3 is 2.78 bits per heavy atom. The average molecular weight is 347 g/mol. The van der Waals surface area contributed by atoms with Gasteiger partial charge in [0.1, 0.15) is 6.10 Å². The second-order valence-corrected chi connectivity index (χ2v) is 5.89. The van der Waals surface area contributed by atoms with Crippen LogP contribution in [-0.2, 0) is 9.53 Å². The maximum Gasteiger partial charge on any atom is 0.249 e. The van der Waals surface area contributed by atoms with Crippen LogP contribution in [0.15, 0.2) is 18.2 Å². The van der Waals surface area contributed by atoms with Crippen LogP contribution in [0.3, 0.4) is 0 Å². The van der Waals surface area contributed by atoms with Gasteiger partial charge in [-0.2, -0.15) is 0 Å². The Hall–Kier alpha value is -1.24. The highest BCUT2D eigenvalue weighted by Gasteiger charge is 2.31. The summed E-state index contributed by atoms with van der Waals surface area (Å²) >= 11 is 0. The standard InChI is InChI=1S/C16H20F2N2O2.ClH/c17-12-4-3-10(8-13(12)18)11-5-6-19-9-14(11)20-16(21)15-2-1-7-22-15;/h3-4,8,11,14-15,19H,1-2,5-7,9H2,(H,20,21);1H. The molecule has 3 atom stereocenters. The Morgan fingerprint density at radius 2 is 2.09 bits per heavy atom. The minimum atomic E-state index is -0.849. The number of hydrogen-bond acceptors (Lipinski definition) is 3. The first kappa shape index (κ1) is 18.1. The molecule has 7 heteroatoms. The molecule has 0 bridgehead atoms. The average Bonchev–Trinajstić information content (AvgIpc) is 3.05. The van der Waals surface area contributed by atoms with Gasteiger partial charge in [0.15, 0.2) is 11.6 Å². The van der Waals surface area contributed by atoms with Crippen LogP contribution >= 0.6 is 12.4 Å². The highest BCUT2D eigenvalue weighted by atomic mass is 35.5. The van der Waals surface area contributed by atoms with Crippen molar-refractivity contribution in [2.24, 2.45) is 0 Å². The van der Waals surface area contributed by atoms with Gasteiger partial charge < -0.3 is 15.4 Å². The van der Waals surface area contributed by atoms with E-state index in [0.717, 1.165) is 37.4 Å². The lowest BCUT2D eigenvalue weighted by atomic mass is 9.86. The van der Waals surface area contributed by atoms with Gasteiger partial charge in [-0.05, 0) is 43.5 Å². The van der Waals surface area contributed by atoms with E-state index in [4.69, 9.17) is 4.74 Å². The van der Waals surface area contributed by atoms with Crippen molar-refractivity contribution >= 4 is 18.3 Å². The summed E-state index contributed by atoms with van der Waals surface area (Å²) in [6, 6.07) is 3.83. The zero-order valence-corrected chi connectivity index (χ0v) is 13.5. The highest BCUT2D eigenvalue weighted by molar-refractivity contribution is 5.85. The molecule has 1 aromatic rings. The first-order valence-corrected chi connectivity index (χ1v) is 7.73. The van der Waals surface area contributed by atoms with E-state index in [2.05, 4.69) is 10.6 Å². The van der Waals surface area contributed by atoms with E-state index >= 15 is 0 Å². The lowest BCUT2D eigenvalue weighted by Gasteiger charge is -2.33. The predicted octanol–water partition coefficient (Wildman–Crippen LogP) is 2.13. The van der Waals surface area contributed by atoms with Gasteiger partial charge in [-0.15, -0.1) is 12.4 Å². The van der Waals surface area contributed by atoms with Crippen molar-refractivity contribution in [3.8, 4) is 0 Å². The number of piperidine rings is 1. The zero-order valence-electron chi connectivity index (χ0n) is 12.7. The summed E-state index contributed by atoms with van der Waals surface area (Å²) in [5.74, 6) is -1.83. The second kappa shape index (κ2) is 8.04. The minimum Gasteiger partial charge on any atom is -0.368 e. The molecular weight excluding hydrogens is 326 g/mol. The van der Waals surface area contributed by atoms with E-state index in [1.807, 2.05) is 0 Å². The Kier molecular flexibility index (Phi) is 6.33. The lowest BCUT2D eigenvalue weighted by molar-refractivity contribution is -0.131. The predicted molar refractivity (Wildman–Crippen MR) is 84.7 cm³/mol. The van der Waals surface area contributed by atoms with Crippen LogP contribution in [0.4, 0.5) is 8.78 Å². The van der Waals surface area contributed by atoms with Gasteiger partial charge in [-0.3, -0.25) is 4.79 Å². The zero-order chi connectivity index (χ0) is 15.5. The molecule has 128 valence electrons. The van der Waals surface area contributed by atoms with Crippen molar-refractivity contribution in [3.05, 3.63) is 35.4 Å². The van der Waals surface area contributed by atoms with Gasteiger partial charge >= 0.3 is 0 Å². The van der Waals surface area contributed by atoms with E-state index in [1.165, 1.54) is 6.07 Å². The molecule has 4 nitrogen and oxygen atoms in total. The fraction of sp³-hybridized carbons (Fsp3) is 0.562. The van der Waals surface area contributed by atoms with Crippen molar-refractivity contribution in [2.45, 2.75) is 37.3 Å². The SMILES string of the molecule is Cl.O=C(NC1CNCCC1c1ccc(F)c(F)c1)C1CCCO1. The topological polar surface area (TPSA) is 50.4 Å². The van der Waals surface area contributed by atoms with E-state index in [0.29, 0.717) is 13.2 Å². The van der Waals surface area contributed by atoms with E-state index in [1.54, 1.807) is 6.07 Å². The molecule has 0 spiro atoms. The lowest BCUT2D eigenvalue weighted by Crippen LogP contribution is -2.52. The van der Waals surface area contributed by atoms with Crippen LogP contribution < -0.4 is 10.6 Å². The molecule has 2 aliphatic rings. The maximum absolute atomic E-state index is 13.5. The Balaban J connectivity index is 0.00000192. The number of carbonyl (C=O) groups is 1. The number of ether oxygens (including phenoxy) is 1. The molecule has 2 heterocycles. The number of halogens is 3. The van der Waals surface area contributed by atoms with Gasteiger partial charge in [-0.25, -0.2) is 8.78 Å². The molecular formula is C16H21ClF2N2O2. The molecule has 3 rings (SSSR count). The van der Waals surface area contributed by atoms with Crippen molar-refractivity contribution in [3.63, 3.8) is 0 Å². The molecule has 1 amide bonds. The third kappa shape index (κ3) is 4.19. The molecule has 3 unspecified atom stereocenters. The number of carbonyl (C=O) groups excluding carboxylic acids is 1. The van der Waals surface area contributed by atoms with Crippen molar-refractivity contribution in [1.29, 1.82) is 0 Å². The quantitative estimate of drug-likeness (QED) is 0.881. The summed E-state index contributed by atoms with van der Waals surface area (Å²) in [5, 5.41) is 6.23. The number of rotatable bonds is 3. The van der Waals surface area contributed by atoms with Crippen LogP contribution in [0.1, 0.15) is 30.7 Å². The first-order chi connectivity index (χ1) is 10.6. The summed E-state index contributed by atoms with van der Waals surface area (Å²) in [6.07, 6.45) is 2.02. The molecule has 23 heavy (non-hydrogen) atoms. The molecule has 2 fully saturated rings. The molecule has 2 aliphatic heterocycles. The fourth-order valence-corrected chi connectivity index (χ4v) is 3.21. The first-order valence-electron chi connectivity index (χ1n) is 7.73. The summed E-state index contributed by atoms with van der Waals surface area (Å²) in [4.78, 5) is 12.2. The van der Waals surface area contributed by atoms with Gasteiger partial charge in [0.05, 0.1) is 0 Å². The van der Waals surface area contributed by atoms with E-state index < -0.39 is 11.6 Å². The Morgan fingerprint density at radius 1 is 1.26 bits per heavy atom. The van der Waals surface area contributed by atoms with Crippen LogP contribution in [0.2, 0.25) is 0 Å². The normalized spacial score (nSPS) is 27.3. The summed E-state index contributed by atoms with van der Waals surface area (Å²) in [7, 11) is 0. The smallest absolute Gasteiger partial charge is 0.249 e. The molecule has 2 N–H and O–H groups in total. The third-order valence-corrected chi connectivity index (χ3v) is 4.40. The Bertz CT molecular complexity index is 553. The van der Waals surface area contributed by atoms with Gasteiger partial charge in [0.25, 0.3) is 0 Å². The van der Waals surface area contributed by atoms with Gasteiger partial charge in [0, 0.05) is 25.1 Å². The number of nitrogens with one attached hydrogen (secondary N) is 2. The number of benzene rings is 1. The largest absolute Gasteiger partial charge is 0.368 e. The maximum atomic E-state index is 13.5. The molecule has 0 radical (unpaired) electrons. The Labute approximate surface area is 140 Å². The molecule has 0 saturated carbocycles. The molecule has 0 aliphatic carbocycles. The monoisotopic (exact) mass is 346 g/mol. The van der Waals surface area contributed by atoms with Crippen LogP contribution in [0.25, 0.3) is 0 Å². The van der Waals surface area contributed by atoms with Gasteiger partial charge in [-0.1, -0.05) is 6.07 Å². The number of hydrogen-bond donors (Lipinski definition) is 2. The van der Waals surface area contributed by atoms with Gasteiger partial charge in [0.2, 0.25) is 5.91 Å². The van der Waals surface area contributed by atoms with E-state index in [-0.39, 0.29) is 36.4 Å². The third-order valence-electron chi connectivity index (χ3n) is 4.40. The van der Waals surface area contributed by atoms with Crippen LogP contribution in [0.5, 0.6) is 0 Å². The number of amides is 1. The molecule has 0 aromatic heterocycles. The van der Waals surface area contributed by atoms with Crippen molar-refractivity contribution in [2.75, 3.05) is 19.7 Å². The van der Waals surface area contributed by atoms with Crippen molar-refractivity contribution < 1.29 is 18.3 Å². The minimum absolute atomic E-state index is 0. The summed E-state index contributed by atoms with van der Waals surface area (Å²) < 4.78 is 32.0.